The number of amides is 1. The van der Waals surface area contributed by atoms with E-state index in [2.05, 4.69) is 0 Å². The lowest BCUT2D eigenvalue weighted by molar-refractivity contribution is 0.0982. The Kier molecular flexibility index (Phi) is 8.19. The number of hydrogen-bond donors (Lipinski definition) is 0. The molecule has 3 aromatic carbocycles. The predicted octanol–water partition coefficient (Wildman–Crippen LogP) is 5.11. The number of carbonyl (C=O) groups is 1. The van der Waals surface area contributed by atoms with Crippen LogP contribution < -0.4 is 19.1 Å². The molecule has 34 heavy (non-hydrogen) atoms. The molecule has 0 spiro atoms. The molecule has 0 aliphatic carbocycles. The third kappa shape index (κ3) is 4.89. The van der Waals surface area contributed by atoms with Gasteiger partial charge in [-0.1, -0.05) is 35.6 Å². The first kappa shape index (κ1) is 25.6. The fourth-order valence-electron chi connectivity index (χ4n) is 3.67. The number of nitrogens with zero attached hydrogens (tertiary/aromatic N) is 3. The van der Waals surface area contributed by atoms with Gasteiger partial charge in [0, 0.05) is 13.1 Å². The summed E-state index contributed by atoms with van der Waals surface area (Å²) < 4.78 is 17.5. The van der Waals surface area contributed by atoms with Crippen molar-refractivity contribution in [3.05, 3.63) is 54.1 Å². The van der Waals surface area contributed by atoms with Gasteiger partial charge >= 0.3 is 0 Å². The number of carbonyl (C=O) groups excluding carboxylic acids is 1. The zero-order valence-electron chi connectivity index (χ0n) is 19.8. The molecule has 1 heterocycles. The van der Waals surface area contributed by atoms with E-state index in [0.717, 1.165) is 15.5 Å². The third-order valence-corrected chi connectivity index (χ3v) is 6.54. The van der Waals surface area contributed by atoms with Crippen molar-refractivity contribution < 1.29 is 19.0 Å². The monoisotopic (exact) mass is 501 g/mol. The molecule has 0 saturated heterocycles. The molecule has 4 aromatic rings. The van der Waals surface area contributed by atoms with Crippen LogP contribution in [0.15, 0.2) is 48.5 Å². The first-order valence-electron chi connectivity index (χ1n) is 10.5. The summed E-state index contributed by atoms with van der Waals surface area (Å²) in [6.45, 7) is 1.14. The molecule has 1 aromatic heterocycles. The highest BCUT2D eigenvalue weighted by molar-refractivity contribution is 7.22. The number of hydrogen-bond acceptors (Lipinski definition) is 7. The molecule has 0 unspecified atom stereocenters. The van der Waals surface area contributed by atoms with Crippen molar-refractivity contribution in [1.29, 1.82) is 0 Å². The van der Waals surface area contributed by atoms with Crippen LogP contribution in [0.25, 0.3) is 21.0 Å². The van der Waals surface area contributed by atoms with Gasteiger partial charge in [0.25, 0.3) is 5.91 Å². The molecule has 1 amide bonds. The Morgan fingerprint density at radius 2 is 1.50 bits per heavy atom. The van der Waals surface area contributed by atoms with Gasteiger partial charge in [0.15, 0.2) is 5.13 Å². The van der Waals surface area contributed by atoms with Gasteiger partial charge in [0.05, 0.1) is 26.9 Å². The molecule has 0 bridgehead atoms. The molecule has 180 valence electrons. The van der Waals surface area contributed by atoms with Gasteiger partial charge in [-0.2, -0.15) is 0 Å². The molecule has 0 radical (unpaired) electrons. The van der Waals surface area contributed by atoms with Crippen molar-refractivity contribution in [2.45, 2.75) is 0 Å². The summed E-state index contributed by atoms with van der Waals surface area (Å²) >= 11 is 1.41. The summed E-state index contributed by atoms with van der Waals surface area (Å²) in [5.41, 5.74) is 1.16. The second kappa shape index (κ2) is 10.9. The lowest BCUT2D eigenvalue weighted by Crippen LogP contribution is -2.37. The molecule has 0 aliphatic rings. The Hall–Kier alpha value is -3.07. The van der Waals surface area contributed by atoms with Gasteiger partial charge < -0.3 is 19.1 Å². The molecule has 9 heteroatoms. The van der Waals surface area contributed by atoms with Crippen LogP contribution in [-0.4, -0.2) is 64.3 Å². The third-order valence-electron chi connectivity index (χ3n) is 5.44. The van der Waals surface area contributed by atoms with E-state index in [0.29, 0.717) is 46.5 Å². The van der Waals surface area contributed by atoms with E-state index in [1.165, 1.54) is 11.3 Å². The maximum absolute atomic E-state index is 13.9. The maximum atomic E-state index is 13.9. The molecular formula is C25H28ClN3O4S. The first-order chi connectivity index (χ1) is 16.0. The van der Waals surface area contributed by atoms with Gasteiger partial charge in [-0.05, 0) is 49.1 Å². The van der Waals surface area contributed by atoms with Crippen molar-refractivity contribution >= 4 is 55.8 Å². The fourth-order valence-corrected chi connectivity index (χ4v) is 4.77. The molecule has 0 saturated carbocycles. The lowest BCUT2D eigenvalue weighted by atomic mass is 10.0. The van der Waals surface area contributed by atoms with Crippen LogP contribution in [0.2, 0.25) is 0 Å². The normalized spacial score (nSPS) is 10.9. The van der Waals surface area contributed by atoms with E-state index in [1.54, 1.807) is 26.2 Å². The highest BCUT2D eigenvalue weighted by atomic mass is 35.5. The average molecular weight is 502 g/mol. The summed E-state index contributed by atoms with van der Waals surface area (Å²) in [5.74, 6) is 1.69. The number of benzene rings is 3. The molecule has 0 aliphatic heterocycles. The highest BCUT2D eigenvalue weighted by Crippen LogP contribution is 2.40. The second-order valence-corrected chi connectivity index (χ2v) is 8.78. The van der Waals surface area contributed by atoms with E-state index in [4.69, 9.17) is 19.2 Å². The Morgan fingerprint density at radius 1 is 0.882 bits per heavy atom. The van der Waals surface area contributed by atoms with E-state index in [-0.39, 0.29) is 18.3 Å². The van der Waals surface area contributed by atoms with Crippen LogP contribution in [0.1, 0.15) is 10.4 Å². The number of ether oxygens (including phenoxy) is 3. The first-order valence-corrected chi connectivity index (χ1v) is 11.3. The van der Waals surface area contributed by atoms with Crippen LogP contribution >= 0.6 is 23.7 Å². The van der Waals surface area contributed by atoms with Crippen LogP contribution in [0.3, 0.4) is 0 Å². The quantitative estimate of drug-likeness (QED) is 0.334. The maximum Gasteiger partial charge on any atom is 0.263 e. The molecule has 0 fully saturated rings. The smallest absolute Gasteiger partial charge is 0.263 e. The van der Waals surface area contributed by atoms with Crippen molar-refractivity contribution in [1.82, 2.24) is 9.88 Å². The average Bonchev–Trinajstić information content (AvgIpc) is 3.27. The van der Waals surface area contributed by atoms with Crippen LogP contribution in [0.4, 0.5) is 5.13 Å². The van der Waals surface area contributed by atoms with Crippen molar-refractivity contribution in [2.24, 2.45) is 0 Å². The molecule has 0 atom stereocenters. The van der Waals surface area contributed by atoms with Gasteiger partial charge in [0.1, 0.15) is 27.5 Å². The lowest BCUT2D eigenvalue weighted by Gasteiger charge is -2.23. The standard InChI is InChI=1S/C25H27N3O4S.ClH/c1-27(2)12-13-28(25-26-22-19(30-3)10-11-20(31-4)23(22)33-25)24(29)18-14-16-8-6-7-9-17(16)15-21(18)32-5;/h6-11,14-15H,12-13H2,1-5H3;1H. The Balaban J connectivity index is 0.00000324. The van der Waals surface area contributed by atoms with Crippen LogP contribution in [0, 0.1) is 0 Å². The molecule has 0 N–H and O–H groups in total. The van der Waals surface area contributed by atoms with Crippen molar-refractivity contribution in [3.8, 4) is 17.2 Å². The number of fused-ring (bicyclic) bond motifs is 2. The van der Waals surface area contributed by atoms with Crippen molar-refractivity contribution in [2.75, 3.05) is 53.4 Å². The molecular weight excluding hydrogens is 474 g/mol. The fraction of sp³-hybridized carbons (Fsp3) is 0.280. The second-order valence-electron chi connectivity index (χ2n) is 7.80. The molecule has 4 rings (SSSR count). The minimum atomic E-state index is -0.170. The van der Waals surface area contributed by atoms with Crippen molar-refractivity contribution in [3.63, 3.8) is 0 Å². The van der Waals surface area contributed by atoms with E-state index >= 15 is 0 Å². The van der Waals surface area contributed by atoms with Gasteiger partial charge in [0.2, 0.25) is 0 Å². The van der Waals surface area contributed by atoms with E-state index in [1.807, 2.05) is 67.5 Å². The summed E-state index contributed by atoms with van der Waals surface area (Å²) in [5, 5.41) is 2.57. The number of rotatable bonds is 8. The number of likely N-dealkylation sites (N-methyl/N-ethyl adjacent to an activating group) is 1. The van der Waals surface area contributed by atoms with E-state index < -0.39 is 0 Å². The number of anilines is 1. The minimum Gasteiger partial charge on any atom is -0.496 e. The Labute approximate surface area is 209 Å². The summed E-state index contributed by atoms with van der Waals surface area (Å²) in [7, 11) is 8.76. The minimum absolute atomic E-state index is 0. The highest BCUT2D eigenvalue weighted by Gasteiger charge is 2.26. The number of aromatic nitrogens is 1. The Bertz CT molecular complexity index is 1270. The SMILES string of the molecule is COc1cc2ccccc2cc1C(=O)N(CCN(C)C)c1nc2c(OC)ccc(OC)c2s1.Cl. The van der Waals surface area contributed by atoms with Gasteiger partial charge in [-0.3, -0.25) is 9.69 Å². The number of thiazole rings is 1. The topological polar surface area (TPSA) is 64.1 Å². The zero-order valence-corrected chi connectivity index (χ0v) is 21.5. The number of methoxy groups -OCH3 is 3. The summed E-state index contributed by atoms with van der Waals surface area (Å²) in [4.78, 5) is 22.4. The summed E-state index contributed by atoms with van der Waals surface area (Å²) in [6, 6.07) is 15.4. The summed E-state index contributed by atoms with van der Waals surface area (Å²) in [6.07, 6.45) is 0. The van der Waals surface area contributed by atoms with Crippen LogP contribution in [-0.2, 0) is 0 Å². The zero-order chi connectivity index (χ0) is 23.5. The predicted molar refractivity (Wildman–Crippen MR) is 141 cm³/mol. The van der Waals surface area contributed by atoms with Gasteiger partial charge in [-0.15, -0.1) is 12.4 Å². The largest absolute Gasteiger partial charge is 0.496 e. The van der Waals surface area contributed by atoms with E-state index in [9.17, 15) is 4.79 Å². The Morgan fingerprint density at radius 3 is 2.12 bits per heavy atom. The molecule has 7 nitrogen and oxygen atoms in total. The van der Waals surface area contributed by atoms with Crippen LogP contribution in [0.5, 0.6) is 17.2 Å². The van der Waals surface area contributed by atoms with Gasteiger partial charge in [-0.25, -0.2) is 4.98 Å². The number of halogens is 1.